The molecule has 4 nitrogen and oxygen atoms in total. The largest absolute Gasteiger partial charge is 0.377 e. The minimum absolute atomic E-state index is 0.0672. The molecule has 0 fully saturated rings. The molecule has 0 aliphatic heterocycles. The summed E-state index contributed by atoms with van der Waals surface area (Å²) < 4.78 is 33.8. The van der Waals surface area contributed by atoms with E-state index in [0.29, 0.717) is 5.52 Å². The van der Waals surface area contributed by atoms with Crippen LogP contribution in [0.2, 0.25) is 0 Å². The van der Waals surface area contributed by atoms with E-state index < -0.39 is 17.2 Å². The Kier molecular flexibility index (Phi) is 2.98. The number of hydrogen-bond acceptors (Lipinski definition) is 3. The van der Waals surface area contributed by atoms with E-state index in [1.165, 1.54) is 10.6 Å². The molecule has 1 aromatic carbocycles. The molecule has 2 aromatic rings. The first-order chi connectivity index (χ1) is 8.35. The maximum Gasteiger partial charge on any atom is 0.201 e. The van der Waals surface area contributed by atoms with E-state index in [9.17, 15) is 8.78 Å². The third-order valence-electron chi connectivity index (χ3n) is 2.92. The average molecular weight is 255 g/mol. The zero-order chi connectivity index (χ0) is 13.5. The summed E-state index contributed by atoms with van der Waals surface area (Å²) in [6.07, 6.45) is 0. The number of benzene rings is 1. The highest BCUT2D eigenvalue weighted by atomic mass is 19.2. The predicted octanol–water partition coefficient (Wildman–Crippen LogP) is 2.32. The molecule has 0 saturated heterocycles. The van der Waals surface area contributed by atoms with E-state index in [2.05, 4.69) is 4.98 Å². The van der Waals surface area contributed by atoms with Crippen LogP contribution in [0.1, 0.15) is 13.8 Å². The van der Waals surface area contributed by atoms with Crippen molar-refractivity contribution < 1.29 is 13.5 Å². The van der Waals surface area contributed by atoms with Gasteiger partial charge in [-0.15, -0.1) is 0 Å². The van der Waals surface area contributed by atoms with Crippen LogP contribution in [0.3, 0.4) is 0 Å². The van der Waals surface area contributed by atoms with Crippen molar-refractivity contribution in [3.8, 4) is 0 Å². The van der Waals surface area contributed by atoms with Crippen molar-refractivity contribution in [2.24, 2.45) is 0 Å². The first-order valence-corrected chi connectivity index (χ1v) is 5.50. The van der Waals surface area contributed by atoms with E-state index in [1.54, 1.807) is 7.11 Å². The first kappa shape index (κ1) is 12.8. The van der Waals surface area contributed by atoms with Gasteiger partial charge in [-0.2, -0.15) is 0 Å². The standard InChI is InChI=1S/C12H15F2N3O/c1-12(2,18-3)6-17-10-8(16-11(17)15)5-4-7(13)9(10)14/h4-5H,6H2,1-3H3,(H2,15,16). The molecular formula is C12H15F2N3O. The van der Waals surface area contributed by atoms with Crippen molar-refractivity contribution in [2.45, 2.75) is 26.0 Å². The molecule has 1 heterocycles. The van der Waals surface area contributed by atoms with Crippen LogP contribution in [0.15, 0.2) is 12.1 Å². The van der Waals surface area contributed by atoms with Gasteiger partial charge in [0.15, 0.2) is 11.6 Å². The second kappa shape index (κ2) is 4.20. The molecule has 0 saturated carbocycles. The normalized spacial score (nSPS) is 12.3. The van der Waals surface area contributed by atoms with Gasteiger partial charge in [0.1, 0.15) is 5.52 Å². The minimum atomic E-state index is -0.941. The highest BCUT2D eigenvalue weighted by Gasteiger charge is 2.23. The number of rotatable bonds is 3. The number of fused-ring (bicyclic) bond motifs is 1. The second-order valence-electron chi connectivity index (χ2n) is 4.75. The summed E-state index contributed by atoms with van der Waals surface area (Å²) in [5, 5.41) is 0. The number of ether oxygens (including phenoxy) is 1. The van der Waals surface area contributed by atoms with Gasteiger partial charge in [-0.1, -0.05) is 0 Å². The van der Waals surface area contributed by atoms with E-state index in [1.807, 2.05) is 13.8 Å². The molecule has 18 heavy (non-hydrogen) atoms. The van der Waals surface area contributed by atoms with Gasteiger partial charge >= 0.3 is 0 Å². The lowest BCUT2D eigenvalue weighted by Gasteiger charge is -2.24. The van der Waals surface area contributed by atoms with E-state index in [4.69, 9.17) is 10.5 Å². The Morgan fingerprint density at radius 1 is 1.39 bits per heavy atom. The van der Waals surface area contributed by atoms with Crippen LogP contribution in [-0.2, 0) is 11.3 Å². The smallest absolute Gasteiger partial charge is 0.201 e. The highest BCUT2D eigenvalue weighted by Crippen LogP contribution is 2.25. The lowest BCUT2D eigenvalue weighted by molar-refractivity contribution is 0.00937. The summed E-state index contributed by atoms with van der Waals surface area (Å²) in [4.78, 5) is 4.01. The van der Waals surface area contributed by atoms with Crippen LogP contribution >= 0.6 is 0 Å². The fourth-order valence-electron chi connectivity index (χ4n) is 1.78. The van der Waals surface area contributed by atoms with Crippen LogP contribution in [0.25, 0.3) is 11.0 Å². The van der Waals surface area contributed by atoms with Crippen LogP contribution in [-0.4, -0.2) is 22.3 Å². The zero-order valence-corrected chi connectivity index (χ0v) is 10.5. The van der Waals surface area contributed by atoms with E-state index in [0.717, 1.165) is 6.07 Å². The zero-order valence-electron chi connectivity index (χ0n) is 10.5. The maximum atomic E-state index is 13.8. The summed E-state index contributed by atoms with van der Waals surface area (Å²) >= 11 is 0. The van der Waals surface area contributed by atoms with Crippen LogP contribution in [0.5, 0.6) is 0 Å². The molecule has 6 heteroatoms. The van der Waals surface area contributed by atoms with Gasteiger partial charge < -0.3 is 15.0 Å². The second-order valence-corrected chi connectivity index (χ2v) is 4.75. The number of aromatic nitrogens is 2. The Morgan fingerprint density at radius 2 is 2.06 bits per heavy atom. The molecule has 0 unspecified atom stereocenters. The minimum Gasteiger partial charge on any atom is -0.377 e. The van der Waals surface area contributed by atoms with Crippen molar-refractivity contribution in [1.82, 2.24) is 9.55 Å². The van der Waals surface area contributed by atoms with Gasteiger partial charge in [0.25, 0.3) is 0 Å². The Bertz CT molecular complexity index is 593. The fourth-order valence-corrected chi connectivity index (χ4v) is 1.78. The molecule has 2 N–H and O–H groups in total. The molecule has 0 spiro atoms. The van der Waals surface area contributed by atoms with Gasteiger partial charge in [0.05, 0.1) is 17.7 Å². The summed E-state index contributed by atoms with van der Waals surface area (Å²) in [6, 6.07) is 2.44. The van der Waals surface area contributed by atoms with Gasteiger partial charge in [0.2, 0.25) is 5.95 Å². The highest BCUT2D eigenvalue weighted by molar-refractivity contribution is 5.79. The molecule has 1 aromatic heterocycles. The van der Waals surface area contributed by atoms with E-state index in [-0.39, 0.29) is 18.0 Å². The average Bonchev–Trinajstić information content (AvgIpc) is 2.61. The number of hydrogen-bond donors (Lipinski definition) is 1. The van der Waals surface area contributed by atoms with Crippen molar-refractivity contribution in [3.05, 3.63) is 23.8 Å². The summed E-state index contributed by atoms with van der Waals surface area (Å²) in [5.41, 5.74) is 5.59. The number of anilines is 1. The number of nitrogens with two attached hydrogens (primary N) is 1. The molecule has 0 aliphatic carbocycles. The lowest BCUT2D eigenvalue weighted by Crippen LogP contribution is -2.29. The quantitative estimate of drug-likeness (QED) is 0.915. The van der Waals surface area contributed by atoms with Crippen LogP contribution in [0.4, 0.5) is 14.7 Å². The Labute approximate surface area is 103 Å². The van der Waals surface area contributed by atoms with Gasteiger partial charge in [0, 0.05) is 7.11 Å². The van der Waals surface area contributed by atoms with E-state index >= 15 is 0 Å². The fraction of sp³-hybridized carbons (Fsp3) is 0.417. The number of imidazole rings is 1. The molecule has 0 radical (unpaired) electrons. The third kappa shape index (κ3) is 2.03. The summed E-state index contributed by atoms with van der Waals surface area (Å²) in [6.45, 7) is 3.94. The van der Waals surface area contributed by atoms with Crippen molar-refractivity contribution in [3.63, 3.8) is 0 Å². The lowest BCUT2D eigenvalue weighted by atomic mass is 10.1. The topological polar surface area (TPSA) is 53.1 Å². The van der Waals surface area contributed by atoms with Gasteiger partial charge in [-0.05, 0) is 26.0 Å². The molecule has 2 rings (SSSR count). The van der Waals surface area contributed by atoms with Gasteiger partial charge in [-0.3, -0.25) is 0 Å². The van der Waals surface area contributed by atoms with Crippen LogP contribution in [0, 0.1) is 11.6 Å². The van der Waals surface area contributed by atoms with Crippen molar-refractivity contribution in [2.75, 3.05) is 12.8 Å². The summed E-state index contributed by atoms with van der Waals surface area (Å²) in [5.74, 6) is -1.72. The Morgan fingerprint density at radius 3 is 2.67 bits per heavy atom. The maximum absolute atomic E-state index is 13.8. The predicted molar refractivity (Wildman–Crippen MR) is 65.1 cm³/mol. The third-order valence-corrected chi connectivity index (χ3v) is 2.92. The first-order valence-electron chi connectivity index (χ1n) is 5.50. The monoisotopic (exact) mass is 255 g/mol. The van der Waals surface area contributed by atoms with Crippen molar-refractivity contribution in [1.29, 1.82) is 0 Å². The molecule has 0 aliphatic rings. The molecular weight excluding hydrogens is 240 g/mol. The van der Waals surface area contributed by atoms with Crippen molar-refractivity contribution >= 4 is 17.0 Å². The Hall–Kier alpha value is -1.69. The number of nitrogen functional groups attached to an aromatic ring is 1. The van der Waals surface area contributed by atoms with Crippen LogP contribution < -0.4 is 5.73 Å². The Balaban J connectivity index is 2.63. The molecule has 0 bridgehead atoms. The number of halogens is 2. The SMILES string of the molecule is COC(C)(C)Cn1c(N)nc2ccc(F)c(F)c21. The number of nitrogens with zero attached hydrogens (tertiary/aromatic N) is 2. The molecule has 0 atom stereocenters. The molecule has 0 amide bonds. The molecule has 98 valence electrons. The summed E-state index contributed by atoms with van der Waals surface area (Å²) in [7, 11) is 1.55. The number of methoxy groups -OCH3 is 1. The van der Waals surface area contributed by atoms with Gasteiger partial charge in [-0.25, -0.2) is 13.8 Å².